The molecule has 0 saturated carbocycles. The largest absolute Gasteiger partial charge is 0.545 e. The smallest absolute Gasteiger partial charge is 0.258 e. The molecule has 1 saturated heterocycles. The lowest BCUT2D eigenvalue weighted by molar-refractivity contribution is -0.139. The van der Waals surface area contributed by atoms with Gasteiger partial charge in [-0.15, -0.1) is 0 Å². The first-order chi connectivity index (χ1) is 16.7. The highest BCUT2D eigenvalue weighted by atomic mass is 32.2. The first kappa shape index (κ1) is 29.5. The third kappa shape index (κ3) is 5.01. The van der Waals surface area contributed by atoms with Crippen molar-refractivity contribution in [3.63, 3.8) is 0 Å². The summed E-state index contributed by atoms with van der Waals surface area (Å²) in [7, 11) is 2.10. The number of likely N-dealkylation sites (N-methyl/N-ethyl adjacent to an activating group) is 2. The summed E-state index contributed by atoms with van der Waals surface area (Å²) < 4.78 is 7.35. The van der Waals surface area contributed by atoms with Crippen LogP contribution in [-0.4, -0.2) is 62.2 Å². The maximum Gasteiger partial charge on any atom is 0.258 e. The summed E-state index contributed by atoms with van der Waals surface area (Å²) in [5, 5.41) is 15.1. The van der Waals surface area contributed by atoms with Crippen molar-refractivity contribution in [3.05, 3.63) is 52.6 Å². The van der Waals surface area contributed by atoms with Gasteiger partial charge in [-0.1, -0.05) is 85.4 Å². The van der Waals surface area contributed by atoms with Crippen molar-refractivity contribution in [2.75, 3.05) is 27.2 Å². The summed E-state index contributed by atoms with van der Waals surface area (Å²) in [6.45, 7) is 22.6. The second-order valence-electron chi connectivity index (χ2n) is 12.5. The molecule has 0 amide bonds. The van der Waals surface area contributed by atoms with Gasteiger partial charge >= 0.3 is 0 Å². The van der Waals surface area contributed by atoms with E-state index >= 15 is 0 Å². The van der Waals surface area contributed by atoms with E-state index in [1.165, 1.54) is 16.0 Å². The lowest BCUT2D eigenvalue weighted by atomic mass is 9.61. The highest BCUT2D eigenvalue weighted by Crippen LogP contribution is 2.56. The van der Waals surface area contributed by atoms with Crippen LogP contribution in [0.15, 0.2) is 57.5 Å². The Balaban J connectivity index is 2.20. The van der Waals surface area contributed by atoms with Crippen LogP contribution in [-0.2, 0) is 4.43 Å². The van der Waals surface area contributed by atoms with Gasteiger partial charge in [-0.3, -0.25) is 9.80 Å². The number of hydrogen-bond acceptors (Lipinski definition) is 5. The van der Waals surface area contributed by atoms with Crippen LogP contribution in [0.1, 0.15) is 68.7 Å². The van der Waals surface area contributed by atoms with Gasteiger partial charge in [-0.05, 0) is 66.3 Å². The Morgan fingerprint density at radius 2 is 1.47 bits per heavy atom. The van der Waals surface area contributed by atoms with E-state index in [0.29, 0.717) is 23.0 Å². The molecule has 1 heterocycles. The second kappa shape index (κ2) is 11.0. The van der Waals surface area contributed by atoms with Crippen molar-refractivity contribution in [2.45, 2.75) is 102 Å². The number of thioether (sulfide) groups is 1. The number of hydrogen-bond donors (Lipinski definition) is 1. The van der Waals surface area contributed by atoms with Crippen LogP contribution in [0.2, 0.25) is 16.6 Å². The van der Waals surface area contributed by atoms with Crippen molar-refractivity contribution < 1.29 is 9.53 Å². The van der Waals surface area contributed by atoms with Crippen molar-refractivity contribution in [1.82, 2.24) is 9.80 Å². The third-order valence-electron chi connectivity index (χ3n) is 9.14. The minimum Gasteiger partial charge on any atom is -0.545 e. The molecule has 0 unspecified atom stereocenters. The number of benzene rings is 1. The average molecular weight is 531 g/mol. The van der Waals surface area contributed by atoms with E-state index in [-0.39, 0.29) is 6.17 Å². The van der Waals surface area contributed by atoms with Crippen LogP contribution in [0.3, 0.4) is 0 Å². The van der Waals surface area contributed by atoms with Crippen molar-refractivity contribution >= 4 is 20.1 Å². The van der Waals surface area contributed by atoms with E-state index in [2.05, 4.69) is 122 Å². The van der Waals surface area contributed by atoms with E-state index in [1.54, 1.807) is 11.8 Å². The molecule has 1 aromatic rings. The van der Waals surface area contributed by atoms with Crippen LogP contribution in [0, 0.1) is 5.41 Å². The molecular formula is C30H50N2O2SSi. The predicted molar refractivity (Wildman–Crippen MR) is 158 cm³/mol. The summed E-state index contributed by atoms with van der Waals surface area (Å²) in [6, 6.07) is 10.5. The number of rotatable bonds is 8. The molecule has 0 bridgehead atoms. The Labute approximate surface area is 226 Å². The van der Waals surface area contributed by atoms with Crippen molar-refractivity contribution in [3.8, 4) is 0 Å². The second-order valence-corrected chi connectivity index (χ2v) is 18.8. The molecule has 202 valence electrons. The van der Waals surface area contributed by atoms with E-state index in [4.69, 9.17) is 4.43 Å². The molecule has 0 radical (unpaired) electrons. The fourth-order valence-corrected chi connectivity index (χ4v) is 13.4. The summed E-state index contributed by atoms with van der Waals surface area (Å²) in [4.78, 5) is 5.84. The van der Waals surface area contributed by atoms with Gasteiger partial charge in [0.2, 0.25) is 0 Å². The first-order valence-corrected chi connectivity index (χ1v) is 16.7. The molecule has 2 aliphatic rings. The summed E-state index contributed by atoms with van der Waals surface area (Å²) in [5.74, 6) is 1.01. The topological polar surface area (TPSA) is 35.9 Å². The zero-order valence-electron chi connectivity index (χ0n) is 24.6. The number of aliphatic hydroxyl groups is 1. The highest BCUT2D eigenvalue weighted by molar-refractivity contribution is 8.02. The third-order valence-corrected chi connectivity index (χ3v) is 16.1. The summed E-state index contributed by atoms with van der Waals surface area (Å²) in [6.07, 6.45) is 0.469. The Hall–Kier alpha value is -1.05. The van der Waals surface area contributed by atoms with Crippen LogP contribution >= 0.6 is 11.8 Å². The minimum atomic E-state index is -2.19. The van der Waals surface area contributed by atoms with Gasteiger partial charge in [0.25, 0.3) is 8.32 Å². The zero-order valence-corrected chi connectivity index (χ0v) is 26.4. The molecule has 6 heteroatoms. The molecule has 1 aromatic carbocycles. The minimum absolute atomic E-state index is 0.0717. The molecule has 1 N–H and O–H groups in total. The molecule has 0 spiro atoms. The van der Waals surface area contributed by atoms with Gasteiger partial charge in [-0.25, -0.2) is 0 Å². The first-order valence-electron chi connectivity index (χ1n) is 13.6. The van der Waals surface area contributed by atoms with Crippen molar-refractivity contribution in [1.29, 1.82) is 0 Å². The van der Waals surface area contributed by atoms with Crippen LogP contribution in [0.5, 0.6) is 0 Å². The molecule has 4 nitrogen and oxygen atoms in total. The summed E-state index contributed by atoms with van der Waals surface area (Å²) in [5.41, 5.74) is 2.37. The molecule has 3 rings (SSSR count). The maximum atomic E-state index is 12.8. The van der Waals surface area contributed by atoms with Gasteiger partial charge in [-0.2, -0.15) is 0 Å². The number of nitrogens with zero attached hydrogens (tertiary/aromatic N) is 2. The summed E-state index contributed by atoms with van der Waals surface area (Å²) >= 11 is 1.74. The molecule has 1 aliphatic heterocycles. The number of allylic oxidation sites excluding steroid dienone is 1. The maximum absolute atomic E-state index is 12.8. The fourth-order valence-electron chi connectivity index (χ4n) is 7.03. The van der Waals surface area contributed by atoms with Gasteiger partial charge < -0.3 is 9.53 Å². The Bertz CT molecular complexity index is 941. The van der Waals surface area contributed by atoms with Gasteiger partial charge in [0.1, 0.15) is 5.60 Å². The lowest BCUT2D eigenvalue weighted by Crippen LogP contribution is -2.64. The molecule has 1 aliphatic carbocycles. The van der Waals surface area contributed by atoms with Crippen LogP contribution in [0.25, 0.3) is 0 Å². The van der Waals surface area contributed by atoms with Crippen LogP contribution < -0.4 is 0 Å². The van der Waals surface area contributed by atoms with E-state index in [0.717, 1.165) is 18.8 Å². The van der Waals surface area contributed by atoms with Crippen LogP contribution in [0.4, 0.5) is 0 Å². The lowest BCUT2D eigenvalue weighted by Gasteiger charge is -2.55. The normalized spacial score (nSPS) is 25.7. The predicted octanol–water partition coefficient (Wildman–Crippen LogP) is 7.49. The fraction of sp³-hybridized carbons (Fsp3) is 0.667. The zero-order chi connectivity index (χ0) is 27.1. The van der Waals surface area contributed by atoms with Gasteiger partial charge in [0.05, 0.1) is 11.9 Å². The van der Waals surface area contributed by atoms with Crippen molar-refractivity contribution in [2.24, 2.45) is 5.41 Å². The highest BCUT2D eigenvalue weighted by Gasteiger charge is 2.59. The van der Waals surface area contributed by atoms with E-state index in [9.17, 15) is 5.11 Å². The Morgan fingerprint density at radius 1 is 0.972 bits per heavy atom. The molecule has 0 aromatic heterocycles. The molecule has 36 heavy (non-hydrogen) atoms. The quantitative estimate of drug-likeness (QED) is 0.278. The Kier molecular flexibility index (Phi) is 8.99. The van der Waals surface area contributed by atoms with E-state index in [1.807, 2.05) is 0 Å². The SMILES string of the molecule is CC1=C(O[Si](C(C)C)(C(C)C)C(C)C)C[C@@](O)(C2N(C)CCN2C)C(C)(C)/C1=C/Sc1ccccc1. The standard InChI is InChI=1S/C30H50N2O2SSi/c1-21(2)36(22(3)4,23(5)6)34-27-19-30(33,28-31(10)17-18-32(28)11)29(8,9)26(24(27)7)20-35-25-15-13-12-14-16-25/h12-16,20-23,28,33H,17-19H2,1-11H3/b26-20+/t30-/m1/s1. The molecule has 1 fully saturated rings. The Morgan fingerprint density at radius 3 is 1.94 bits per heavy atom. The van der Waals surface area contributed by atoms with Gasteiger partial charge in [0, 0.05) is 29.8 Å². The van der Waals surface area contributed by atoms with Gasteiger partial charge in [0.15, 0.2) is 0 Å². The average Bonchev–Trinajstić information content (AvgIpc) is 3.13. The monoisotopic (exact) mass is 530 g/mol. The van der Waals surface area contributed by atoms with E-state index < -0.39 is 19.3 Å². The molecule has 1 atom stereocenters. The molecular weight excluding hydrogens is 480 g/mol.